The second-order valence-electron chi connectivity index (χ2n) is 5.09. The predicted octanol–water partition coefficient (Wildman–Crippen LogP) is 2.89. The minimum absolute atomic E-state index is 0.0331. The quantitative estimate of drug-likeness (QED) is 0.680. The van der Waals surface area contributed by atoms with Gasteiger partial charge in [0.25, 0.3) is 11.6 Å². The van der Waals surface area contributed by atoms with Crippen LogP contribution in [-0.4, -0.2) is 16.5 Å². The molecule has 1 atom stereocenters. The summed E-state index contributed by atoms with van der Waals surface area (Å²) in [5, 5.41) is 15.0. The number of benzene rings is 1. The van der Waals surface area contributed by atoms with Gasteiger partial charge in [-0.05, 0) is 37.7 Å². The van der Waals surface area contributed by atoms with Crippen LogP contribution in [-0.2, 0) is 0 Å². The van der Waals surface area contributed by atoms with E-state index in [-0.39, 0.29) is 11.3 Å². The number of carbonyl (C=O) groups is 1. The smallest absolute Gasteiger partial charge is 0.267 e. The number of nitrogens with one attached hydrogen (secondary N) is 1. The molecule has 6 nitrogen and oxygen atoms in total. The Balaban J connectivity index is 2.09. The maximum atomic E-state index is 12.0. The van der Waals surface area contributed by atoms with E-state index in [1.54, 1.807) is 6.07 Å². The van der Waals surface area contributed by atoms with Crippen LogP contribution in [0.15, 0.2) is 29.4 Å². The molecule has 20 heavy (non-hydrogen) atoms. The second kappa shape index (κ2) is 6.27. The number of amides is 1. The highest BCUT2D eigenvalue weighted by Gasteiger charge is 2.19. The van der Waals surface area contributed by atoms with Crippen molar-refractivity contribution in [2.75, 3.05) is 0 Å². The molecule has 1 aliphatic rings. The average molecular weight is 275 g/mol. The van der Waals surface area contributed by atoms with Crippen molar-refractivity contribution < 1.29 is 9.72 Å². The highest BCUT2D eigenvalue weighted by Crippen LogP contribution is 2.21. The largest absolute Gasteiger partial charge is 0.282 e. The zero-order valence-corrected chi connectivity index (χ0v) is 11.3. The Morgan fingerprint density at radius 2 is 2.20 bits per heavy atom. The summed E-state index contributed by atoms with van der Waals surface area (Å²) in [5.41, 5.74) is 3.21. The molecule has 0 bridgehead atoms. The zero-order chi connectivity index (χ0) is 14.5. The van der Waals surface area contributed by atoms with Crippen LogP contribution in [0.2, 0.25) is 0 Å². The summed E-state index contributed by atoms with van der Waals surface area (Å²) >= 11 is 0. The molecule has 0 spiro atoms. The van der Waals surface area contributed by atoms with Gasteiger partial charge in [-0.3, -0.25) is 14.9 Å². The lowest BCUT2D eigenvalue weighted by atomic mass is 9.89. The summed E-state index contributed by atoms with van der Waals surface area (Å²) in [6, 6.07) is 5.86. The third-order valence-electron chi connectivity index (χ3n) is 3.41. The number of nitrogens with zero attached hydrogens (tertiary/aromatic N) is 2. The van der Waals surface area contributed by atoms with Gasteiger partial charge in [-0.25, -0.2) is 5.43 Å². The zero-order valence-electron chi connectivity index (χ0n) is 11.3. The van der Waals surface area contributed by atoms with Crippen molar-refractivity contribution in [3.8, 4) is 0 Å². The van der Waals surface area contributed by atoms with Crippen molar-refractivity contribution in [1.29, 1.82) is 0 Å². The minimum Gasteiger partial charge on any atom is -0.267 e. The fraction of sp³-hybridized carbons (Fsp3) is 0.429. The van der Waals surface area contributed by atoms with Crippen LogP contribution in [0.5, 0.6) is 0 Å². The van der Waals surface area contributed by atoms with Crippen molar-refractivity contribution in [2.45, 2.75) is 32.6 Å². The Bertz CT molecular complexity index is 554. The third kappa shape index (κ3) is 3.40. The van der Waals surface area contributed by atoms with Crippen molar-refractivity contribution in [1.82, 2.24) is 5.43 Å². The van der Waals surface area contributed by atoms with Crippen molar-refractivity contribution in [3.05, 3.63) is 39.9 Å². The van der Waals surface area contributed by atoms with Crippen molar-refractivity contribution in [2.24, 2.45) is 11.0 Å². The molecule has 1 aromatic carbocycles. The second-order valence-corrected chi connectivity index (χ2v) is 5.09. The van der Waals surface area contributed by atoms with Crippen LogP contribution in [0, 0.1) is 16.0 Å². The Kier molecular flexibility index (Phi) is 4.45. The number of carbonyl (C=O) groups excluding carboxylic acids is 1. The van der Waals surface area contributed by atoms with E-state index in [1.807, 2.05) is 0 Å². The first-order valence-electron chi connectivity index (χ1n) is 6.67. The Hall–Kier alpha value is -2.24. The van der Waals surface area contributed by atoms with Crippen LogP contribution in [0.1, 0.15) is 43.0 Å². The highest BCUT2D eigenvalue weighted by molar-refractivity contribution is 5.99. The fourth-order valence-electron chi connectivity index (χ4n) is 2.38. The van der Waals surface area contributed by atoms with Gasteiger partial charge >= 0.3 is 0 Å². The maximum absolute atomic E-state index is 12.0. The standard InChI is InChI=1S/C14H17N3O3/c1-10-5-4-6-11(9-10)15-16-14(18)12-7-2-3-8-13(12)17(19)20/h2-3,7-8,10H,4-6,9H2,1H3,(H,16,18)/b15-11+. The number of nitro groups is 1. The topological polar surface area (TPSA) is 84.6 Å². The van der Waals surface area contributed by atoms with E-state index in [2.05, 4.69) is 17.5 Å². The maximum Gasteiger partial charge on any atom is 0.282 e. The molecule has 0 aliphatic heterocycles. The van der Waals surface area contributed by atoms with Crippen molar-refractivity contribution >= 4 is 17.3 Å². The first-order valence-corrected chi connectivity index (χ1v) is 6.67. The monoisotopic (exact) mass is 275 g/mol. The molecule has 1 fully saturated rings. The predicted molar refractivity (Wildman–Crippen MR) is 75.6 cm³/mol. The fourth-order valence-corrected chi connectivity index (χ4v) is 2.38. The number of nitro benzene ring substituents is 1. The molecule has 1 unspecified atom stereocenters. The van der Waals surface area contributed by atoms with Gasteiger partial charge in [0.05, 0.1) is 4.92 Å². The van der Waals surface area contributed by atoms with E-state index in [0.717, 1.165) is 25.0 Å². The lowest BCUT2D eigenvalue weighted by Crippen LogP contribution is -2.23. The van der Waals surface area contributed by atoms with Crippen LogP contribution >= 0.6 is 0 Å². The summed E-state index contributed by atoms with van der Waals surface area (Å²) in [6.07, 6.45) is 4.00. The van der Waals surface area contributed by atoms with Crippen LogP contribution < -0.4 is 5.43 Å². The summed E-state index contributed by atoms with van der Waals surface area (Å²) in [6.45, 7) is 2.15. The van der Waals surface area contributed by atoms with Crippen LogP contribution in [0.3, 0.4) is 0 Å². The molecule has 1 N–H and O–H groups in total. The number of hydrogen-bond donors (Lipinski definition) is 1. The molecule has 0 aromatic heterocycles. The summed E-state index contributed by atoms with van der Waals surface area (Å²) < 4.78 is 0. The first kappa shape index (κ1) is 14.2. The number of para-hydroxylation sites is 1. The van der Waals surface area contributed by atoms with Gasteiger partial charge < -0.3 is 0 Å². The van der Waals surface area contributed by atoms with Crippen LogP contribution in [0.4, 0.5) is 5.69 Å². The van der Waals surface area contributed by atoms with E-state index in [0.29, 0.717) is 5.92 Å². The van der Waals surface area contributed by atoms with Gasteiger partial charge in [-0.1, -0.05) is 19.1 Å². The highest BCUT2D eigenvalue weighted by atomic mass is 16.6. The number of hydrazone groups is 1. The van der Waals surface area contributed by atoms with E-state index < -0.39 is 10.8 Å². The number of hydrogen-bond acceptors (Lipinski definition) is 4. The molecule has 0 saturated heterocycles. The van der Waals surface area contributed by atoms with Gasteiger partial charge in [0.15, 0.2) is 0 Å². The Morgan fingerprint density at radius 3 is 2.90 bits per heavy atom. The van der Waals surface area contributed by atoms with Gasteiger partial charge in [-0.2, -0.15) is 5.10 Å². The molecular formula is C14H17N3O3. The molecule has 0 radical (unpaired) electrons. The molecule has 6 heteroatoms. The molecule has 1 saturated carbocycles. The third-order valence-corrected chi connectivity index (χ3v) is 3.41. The first-order chi connectivity index (χ1) is 9.58. The lowest BCUT2D eigenvalue weighted by Gasteiger charge is -2.18. The van der Waals surface area contributed by atoms with E-state index in [1.165, 1.54) is 24.6 Å². The molecule has 2 rings (SSSR count). The molecule has 106 valence electrons. The molecule has 1 amide bonds. The number of rotatable bonds is 3. The molecule has 1 aliphatic carbocycles. The van der Waals surface area contributed by atoms with E-state index in [9.17, 15) is 14.9 Å². The average Bonchev–Trinajstić information content (AvgIpc) is 2.45. The Labute approximate surface area is 117 Å². The Morgan fingerprint density at radius 1 is 1.45 bits per heavy atom. The summed E-state index contributed by atoms with van der Waals surface area (Å²) in [4.78, 5) is 22.3. The van der Waals surface area contributed by atoms with Gasteiger partial charge in [-0.15, -0.1) is 0 Å². The normalized spacial score (nSPS) is 20.6. The summed E-state index contributed by atoms with van der Waals surface area (Å²) in [5.74, 6) is 0.0356. The van der Waals surface area contributed by atoms with E-state index >= 15 is 0 Å². The van der Waals surface area contributed by atoms with Gasteiger partial charge in [0.2, 0.25) is 0 Å². The minimum atomic E-state index is -0.565. The van der Waals surface area contributed by atoms with E-state index in [4.69, 9.17) is 0 Å². The van der Waals surface area contributed by atoms with Gasteiger partial charge in [0.1, 0.15) is 5.56 Å². The molecule has 1 aromatic rings. The van der Waals surface area contributed by atoms with Gasteiger partial charge in [0, 0.05) is 11.8 Å². The SMILES string of the molecule is CC1CCC/C(=N\NC(=O)c2ccccc2[N+](=O)[O-])C1. The van der Waals surface area contributed by atoms with Crippen molar-refractivity contribution in [3.63, 3.8) is 0 Å². The molecular weight excluding hydrogens is 258 g/mol. The lowest BCUT2D eigenvalue weighted by molar-refractivity contribution is -0.385. The summed E-state index contributed by atoms with van der Waals surface area (Å²) in [7, 11) is 0. The molecule has 0 heterocycles. The van der Waals surface area contributed by atoms with Crippen LogP contribution in [0.25, 0.3) is 0 Å².